The minimum absolute atomic E-state index is 0.0825. The number of hydrogen-bond acceptors (Lipinski definition) is 2. The van der Waals surface area contributed by atoms with Crippen LogP contribution < -0.4 is 10.6 Å². The van der Waals surface area contributed by atoms with E-state index < -0.39 is 11.5 Å². The molecule has 5 heteroatoms. The summed E-state index contributed by atoms with van der Waals surface area (Å²) in [7, 11) is 0. The molecular weight excluding hydrogens is 256 g/mol. The van der Waals surface area contributed by atoms with E-state index in [0.29, 0.717) is 12.8 Å². The van der Waals surface area contributed by atoms with Gasteiger partial charge in [-0.15, -0.1) is 0 Å². The van der Waals surface area contributed by atoms with E-state index in [1.54, 1.807) is 0 Å². The Labute approximate surface area is 121 Å². The number of nitrogens with one attached hydrogen (secondary N) is 2. The van der Waals surface area contributed by atoms with Gasteiger partial charge >= 0.3 is 12.0 Å². The maximum absolute atomic E-state index is 11.9. The van der Waals surface area contributed by atoms with Crippen LogP contribution in [0.5, 0.6) is 0 Å². The van der Waals surface area contributed by atoms with Crippen molar-refractivity contribution in [3.8, 4) is 0 Å². The van der Waals surface area contributed by atoms with Crippen molar-refractivity contribution in [1.29, 1.82) is 0 Å². The van der Waals surface area contributed by atoms with Crippen LogP contribution in [0.15, 0.2) is 0 Å². The molecule has 1 fully saturated rings. The van der Waals surface area contributed by atoms with Gasteiger partial charge in [0.15, 0.2) is 0 Å². The predicted molar refractivity (Wildman–Crippen MR) is 78.7 cm³/mol. The molecule has 1 aliphatic rings. The summed E-state index contributed by atoms with van der Waals surface area (Å²) in [5, 5.41) is 14.8. The molecule has 0 spiro atoms. The van der Waals surface area contributed by atoms with Crippen LogP contribution in [0.2, 0.25) is 0 Å². The molecule has 1 unspecified atom stereocenters. The summed E-state index contributed by atoms with van der Waals surface area (Å²) < 4.78 is 0. The Morgan fingerprint density at radius 1 is 1.20 bits per heavy atom. The van der Waals surface area contributed by atoms with E-state index in [1.807, 2.05) is 6.92 Å². The van der Waals surface area contributed by atoms with Crippen molar-refractivity contribution in [2.75, 3.05) is 0 Å². The highest BCUT2D eigenvalue weighted by atomic mass is 16.4. The highest BCUT2D eigenvalue weighted by Crippen LogP contribution is 2.29. The van der Waals surface area contributed by atoms with Gasteiger partial charge in [0.05, 0.1) is 0 Å². The van der Waals surface area contributed by atoms with Gasteiger partial charge in [-0.2, -0.15) is 0 Å². The zero-order valence-electron chi connectivity index (χ0n) is 12.7. The van der Waals surface area contributed by atoms with E-state index >= 15 is 0 Å². The summed E-state index contributed by atoms with van der Waals surface area (Å²) in [4.78, 5) is 23.3. The van der Waals surface area contributed by atoms with E-state index in [4.69, 9.17) is 0 Å². The van der Waals surface area contributed by atoms with E-state index in [9.17, 15) is 14.7 Å². The molecule has 0 aliphatic heterocycles. The Bertz CT molecular complexity index is 325. The number of carboxylic acids is 1. The first kappa shape index (κ1) is 16.8. The SMILES string of the molecule is CCCCCCC(C)NC(=O)NC1(C(=O)O)CCCC1. The van der Waals surface area contributed by atoms with E-state index in [1.165, 1.54) is 19.3 Å². The fourth-order valence-electron chi connectivity index (χ4n) is 2.80. The number of hydrogen-bond donors (Lipinski definition) is 3. The number of carbonyl (C=O) groups excluding carboxylic acids is 1. The van der Waals surface area contributed by atoms with Crippen LogP contribution in [0.4, 0.5) is 4.79 Å². The Balaban J connectivity index is 2.33. The van der Waals surface area contributed by atoms with Crippen molar-refractivity contribution in [2.45, 2.75) is 83.2 Å². The van der Waals surface area contributed by atoms with Gasteiger partial charge in [0.1, 0.15) is 5.54 Å². The van der Waals surface area contributed by atoms with Gasteiger partial charge in [-0.05, 0) is 26.2 Å². The number of carbonyl (C=O) groups is 2. The lowest BCUT2D eigenvalue weighted by Gasteiger charge is -2.26. The highest BCUT2D eigenvalue weighted by Gasteiger charge is 2.42. The number of aliphatic carboxylic acids is 1. The van der Waals surface area contributed by atoms with Gasteiger partial charge < -0.3 is 15.7 Å². The lowest BCUT2D eigenvalue weighted by atomic mass is 9.98. The minimum atomic E-state index is -1.05. The maximum Gasteiger partial charge on any atom is 0.329 e. The molecule has 5 nitrogen and oxygen atoms in total. The van der Waals surface area contributed by atoms with Crippen molar-refractivity contribution in [3.05, 3.63) is 0 Å². The molecular formula is C15H28N2O3. The van der Waals surface area contributed by atoms with Gasteiger partial charge in [-0.3, -0.25) is 0 Å². The first-order valence-corrected chi connectivity index (χ1v) is 7.82. The monoisotopic (exact) mass is 284 g/mol. The van der Waals surface area contributed by atoms with Gasteiger partial charge in [0, 0.05) is 6.04 Å². The molecule has 1 saturated carbocycles. The largest absolute Gasteiger partial charge is 0.480 e. The minimum Gasteiger partial charge on any atom is -0.480 e. The Hall–Kier alpha value is -1.26. The standard InChI is InChI=1S/C15H28N2O3/c1-3-4-5-6-9-12(2)16-14(20)17-15(13(18)19)10-7-8-11-15/h12H,3-11H2,1-2H3,(H,18,19)(H2,16,17,20). The maximum atomic E-state index is 11.9. The second-order valence-corrected chi connectivity index (χ2v) is 5.94. The summed E-state index contributed by atoms with van der Waals surface area (Å²) in [6.45, 7) is 4.13. The van der Waals surface area contributed by atoms with E-state index in [0.717, 1.165) is 25.7 Å². The van der Waals surface area contributed by atoms with Crippen LogP contribution in [-0.2, 0) is 4.79 Å². The van der Waals surface area contributed by atoms with Crippen molar-refractivity contribution in [2.24, 2.45) is 0 Å². The molecule has 2 amide bonds. The highest BCUT2D eigenvalue weighted by molar-refractivity contribution is 5.86. The summed E-state index contributed by atoms with van der Waals surface area (Å²) >= 11 is 0. The van der Waals surface area contributed by atoms with Crippen molar-refractivity contribution in [3.63, 3.8) is 0 Å². The second kappa shape index (κ2) is 8.12. The zero-order chi connectivity index (χ0) is 15.0. The molecule has 1 atom stereocenters. The first-order chi connectivity index (χ1) is 9.50. The summed E-state index contributed by atoms with van der Waals surface area (Å²) in [5.74, 6) is -0.916. The molecule has 0 aromatic carbocycles. The quantitative estimate of drug-likeness (QED) is 0.599. The van der Waals surface area contributed by atoms with Crippen LogP contribution >= 0.6 is 0 Å². The van der Waals surface area contributed by atoms with Crippen LogP contribution in [0.25, 0.3) is 0 Å². The fourth-order valence-corrected chi connectivity index (χ4v) is 2.80. The molecule has 0 heterocycles. The molecule has 1 aliphatic carbocycles. The number of rotatable bonds is 8. The third-order valence-electron chi connectivity index (χ3n) is 4.09. The topological polar surface area (TPSA) is 78.4 Å². The summed E-state index contributed by atoms with van der Waals surface area (Å²) in [6, 6.07) is -0.267. The Morgan fingerprint density at radius 2 is 1.85 bits per heavy atom. The second-order valence-electron chi connectivity index (χ2n) is 5.94. The average molecular weight is 284 g/mol. The van der Waals surface area contributed by atoms with Gasteiger partial charge in [0.25, 0.3) is 0 Å². The lowest BCUT2D eigenvalue weighted by Crippen LogP contribution is -2.56. The fraction of sp³-hybridized carbons (Fsp3) is 0.867. The first-order valence-electron chi connectivity index (χ1n) is 7.82. The van der Waals surface area contributed by atoms with Crippen LogP contribution in [-0.4, -0.2) is 28.7 Å². The van der Waals surface area contributed by atoms with Crippen molar-refractivity contribution in [1.82, 2.24) is 10.6 Å². The lowest BCUT2D eigenvalue weighted by molar-refractivity contribution is -0.144. The zero-order valence-corrected chi connectivity index (χ0v) is 12.7. The van der Waals surface area contributed by atoms with E-state index in [-0.39, 0.29) is 12.1 Å². The molecule has 0 aromatic heterocycles. The molecule has 0 aromatic rings. The molecule has 0 radical (unpaired) electrons. The third-order valence-corrected chi connectivity index (χ3v) is 4.09. The smallest absolute Gasteiger partial charge is 0.329 e. The summed E-state index contributed by atoms with van der Waals surface area (Å²) in [6.07, 6.45) is 8.42. The molecule has 0 bridgehead atoms. The third kappa shape index (κ3) is 5.02. The van der Waals surface area contributed by atoms with Crippen LogP contribution in [0.1, 0.15) is 71.6 Å². The van der Waals surface area contributed by atoms with Gasteiger partial charge in [-0.1, -0.05) is 45.4 Å². The van der Waals surface area contributed by atoms with E-state index in [2.05, 4.69) is 17.6 Å². The molecule has 1 rings (SSSR count). The van der Waals surface area contributed by atoms with Crippen LogP contribution in [0.3, 0.4) is 0 Å². The number of carboxylic acid groups (broad SMARTS) is 1. The predicted octanol–water partition coefficient (Wildman–Crippen LogP) is 3.04. The number of amides is 2. The molecule has 0 saturated heterocycles. The van der Waals surface area contributed by atoms with Crippen molar-refractivity contribution >= 4 is 12.0 Å². The van der Waals surface area contributed by atoms with Gasteiger partial charge in [-0.25, -0.2) is 9.59 Å². The average Bonchev–Trinajstić information content (AvgIpc) is 2.84. The summed E-state index contributed by atoms with van der Waals surface area (Å²) in [5.41, 5.74) is -1.05. The van der Waals surface area contributed by atoms with Crippen molar-refractivity contribution < 1.29 is 14.7 Å². The Morgan fingerprint density at radius 3 is 2.40 bits per heavy atom. The molecule has 20 heavy (non-hydrogen) atoms. The van der Waals surface area contributed by atoms with Crippen LogP contribution in [0, 0.1) is 0 Å². The number of urea groups is 1. The normalized spacial score (nSPS) is 18.5. The molecule has 116 valence electrons. The van der Waals surface area contributed by atoms with Gasteiger partial charge in [0.2, 0.25) is 0 Å². The Kier molecular flexibility index (Phi) is 6.82. The molecule has 3 N–H and O–H groups in total. The number of unbranched alkanes of at least 4 members (excludes halogenated alkanes) is 3.